The quantitative estimate of drug-likeness (QED) is 0.217. The number of halogens is 2. The van der Waals surface area contributed by atoms with E-state index in [0.717, 1.165) is 48.3 Å². The fraction of sp³-hybridized carbons (Fsp3) is 0.174. The summed E-state index contributed by atoms with van der Waals surface area (Å²) >= 11 is 7.87. The largest absolute Gasteiger partial charge is 0.399 e. The van der Waals surface area contributed by atoms with E-state index in [-0.39, 0.29) is 12.4 Å². The van der Waals surface area contributed by atoms with Gasteiger partial charge >= 0.3 is 0 Å². The lowest BCUT2D eigenvalue weighted by atomic mass is 10.2. The van der Waals surface area contributed by atoms with Gasteiger partial charge in [0, 0.05) is 50.8 Å². The summed E-state index contributed by atoms with van der Waals surface area (Å²) in [5.41, 5.74) is 9.78. The van der Waals surface area contributed by atoms with Gasteiger partial charge in [-0.25, -0.2) is 0 Å². The summed E-state index contributed by atoms with van der Waals surface area (Å²) in [4.78, 5) is 6.99. The lowest BCUT2D eigenvalue weighted by molar-refractivity contribution is 0.669. The maximum absolute atomic E-state index is 6.05. The number of nitrogens with one attached hydrogen (secondary N) is 2. The molecule has 0 saturated heterocycles. The van der Waals surface area contributed by atoms with Crippen LogP contribution in [0.25, 0.3) is 21.3 Å². The Balaban J connectivity index is 0.00000256. The average Bonchev–Trinajstić information content (AvgIpc) is 3.20. The number of nitrogen functional groups attached to an aromatic ring is 1. The second-order valence-electron chi connectivity index (χ2n) is 6.87. The number of rotatable bonds is 8. The van der Waals surface area contributed by atoms with E-state index in [1.165, 1.54) is 15.3 Å². The summed E-state index contributed by atoms with van der Waals surface area (Å²) in [6.07, 6.45) is 2.85. The number of hydrogen-bond acceptors (Lipinski definition) is 5. The zero-order chi connectivity index (χ0) is 20.1. The molecule has 0 aliphatic rings. The van der Waals surface area contributed by atoms with Crippen molar-refractivity contribution in [2.24, 2.45) is 0 Å². The molecule has 156 valence electrons. The third-order valence-electron chi connectivity index (χ3n) is 4.71. The topological polar surface area (TPSA) is 63.0 Å². The summed E-state index contributed by atoms with van der Waals surface area (Å²) in [6.45, 7) is 2.74. The molecule has 7 heteroatoms. The highest BCUT2D eigenvalue weighted by Crippen LogP contribution is 2.28. The summed E-state index contributed by atoms with van der Waals surface area (Å²) in [6, 6.07) is 20.2. The average molecular weight is 459 g/mol. The maximum Gasteiger partial charge on any atom is 0.0737 e. The molecule has 0 radical (unpaired) electrons. The monoisotopic (exact) mass is 458 g/mol. The van der Waals surface area contributed by atoms with Crippen molar-refractivity contribution in [3.05, 3.63) is 76.8 Å². The first-order chi connectivity index (χ1) is 14.2. The van der Waals surface area contributed by atoms with Crippen molar-refractivity contribution in [1.82, 2.24) is 10.3 Å². The van der Waals surface area contributed by atoms with Gasteiger partial charge in [0.05, 0.1) is 5.52 Å². The molecule has 0 amide bonds. The normalized spacial score (nSPS) is 10.7. The van der Waals surface area contributed by atoms with Crippen molar-refractivity contribution in [2.45, 2.75) is 13.0 Å². The molecule has 2 heterocycles. The molecule has 0 spiro atoms. The summed E-state index contributed by atoms with van der Waals surface area (Å²) in [7, 11) is 0. The molecular formula is C23H24Cl2N4S. The Kier molecular flexibility index (Phi) is 7.94. The highest BCUT2D eigenvalue weighted by molar-refractivity contribution is 7.15. The fourth-order valence-corrected chi connectivity index (χ4v) is 4.35. The van der Waals surface area contributed by atoms with E-state index in [2.05, 4.69) is 39.9 Å². The van der Waals surface area contributed by atoms with Crippen LogP contribution in [0.4, 0.5) is 11.4 Å². The predicted molar refractivity (Wildman–Crippen MR) is 133 cm³/mol. The van der Waals surface area contributed by atoms with Crippen LogP contribution in [-0.2, 0) is 6.54 Å². The predicted octanol–water partition coefficient (Wildman–Crippen LogP) is 6.21. The van der Waals surface area contributed by atoms with Crippen LogP contribution in [0.2, 0.25) is 5.02 Å². The highest BCUT2D eigenvalue weighted by Gasteiger charge is 2.04. The molecule has 0 fully saturated rings. The molecule has 0 saturated carbocycles. The van der Waals surface area contributed by atoms with Crippen LogP contribution in [0.15, 0.2) is 66.9 Å². The number of fused-ring (bicyclic) bond motifs is 1. The van der Waals surface area contributed by atoms with E-state index in [4.69, 9.17) is 17.3 Å². The summed E-state index contributed by atoms with van der Waals surface area (Å²) in [5, 5.41) is 8.84. The third-order valence-corrected chi connectivity index (χ3v) is 6.08. The van der Waals surface area contributed by atoms with Gasteiger partial charge < -0.3 is 16.4 Å². The molecule has 0 atom stereocenters. The van der Waals surface area contributed by atoms with Gasteiger partial charge in [0.15, 0.2) is 0 Å². The first-order valence-corrected chi connectivity index (χ1v) is 10.8. The molecule has 0 unspecified atom stereocenters. The van der Waals surface area contributed by atoms with Crippen molar-refractivity contribution < 1.29 is 0 Å². The van der Waals surface area contributed by atoms with E-state index in [1.54, 1.807) is 0 Å². The van der Waals surface area contributed by atoms with Crippen LogP contribution < -0.4 is 16.4 Å². The Bertz CT molecular complexity index is 1100. The number of thiophene rings is 1. The Labute approximate surface area is 191 Å². The molecule has 30 heavy (non-hydrogen) atoms. The van der Waals surface area contributed by atoms with E-state index >= 15 is 0 Å². The molecule has 4 rings (SSSR count). The van der Waals surface area contributed by atoms with Gasteiger partial charge in [-0.15, -0.1) is 23.7 Å². The lowest BCUT2D eigenvalue weighted by Crippen LogP contribution is -2.17. The van der Waals surface area contributed by atoms with E-state index in [9.17, 15) is 0 Å². The number of pyridine rings is 1. The second kappa shape index (κ2) is 10.6. The van der Waals surface area contributed by atoms with E-state index in [1.807, 2.05) is 53.9 Å². The Morgan fingerprint density at radius 3 is 2.63 bits per heavy atom. The van der Waals surface area contributed by atoms with Crippen LogP contribution >= 0.6 is 35.3 Å². The van der Waals surface area contributed by atoms with E-state index in [0.29, 0.717) is 5.02 Å². The molecule has 4 aromatic rings. The second-order valence-corrected chi connectivity index (χ2v) is 8.47. The molecule has 2 aromatic carbocycles. The van der Waals surface area contributed by atoms with Crippen molar-refractivity contribution in [2.75, 3.05) is 24.1 Å². The van der Waals surface area contributed by atoms with Crippen LogP contribution in [0, 0.1) is 0 Å². The van der Waals surface area contributed by atoms with Crippen LogP contribution in [0.3, 0.4) is 0 Å². The number of nitrogens with two attached hydrogens (primary N) is 1. The fourth-order valence-electron chi connectivity index (χ4n) is 3.20. The number of aromatic nitrogens is 1. The Morgan fingerprint density at radius 2 is 1.80 bits per heavy atom. The van der Waals surface area contributed by atoms with Gasteiger partial charge in [0.2, 0.25) is 0 Å². The van der Waals surface area contributed by atoms with Crippen molar-refractivity contribution in [3.63, 3.8) is 0 Å². The minimum Gasteiger partial charge on any atom is -0.399 e. The molecule has 2 aromatic heterocycles. The number of benzene rings is 2. The van der Waals surface area contributed by atoms with Gasteiger partial charge in [-0.05, 0) is 67.1 Å². The first kappa shape index (κ1) is 22.4. The smallest absolute Gasteiger partial charge is 0.0737 e. The SMILES string of the molecule is Cl.Nc1ccc(-c2ccc(CNCCCNc3ccnc4cc(Cl)ccc34)s2)cc1. The minimum atomic E-state index is 0. The number of anilines is 2. The molecule has 0 aliphatic heterocycles. The number of hydrogen-bond donors (Lipinski definition) is 3. The van der Waals surface area contributed by atoms with Crippen molar-refractivity contribution >= 4 is 57.6 Å². The number of nitrogens with zero attached hydrogens (tertiary/aromatic N) is 1. The molecule has 0 aliphatic carbocycles. The molecule has 4 nitrogen and oxygen atoms in total. The van der Waals surface area contributed by atoms with Crippen LogP contribution in [0.1, 0.15) is 11.3 Å². The van der Waals surface area contributed by atoms with Gasteiger partial charge in [-0.2, -0.15) is 0 Å². The highest BCUT2D eigenvalue weighted by atomic mass is 35.5. The summed E-state index contributed by atoms with van der Waals surface area (Å²) < 4.78 is 0. The van der Waals surface area contributed by atoms with Gasteiger partial charge in [-0.3, -0.25) is 4.98 Å². The Morgan fingerprint density at radius 1 is 0.967 bits per heavy atom. The maximum atomic E-state index is 6.05. The van der Waals surface area contributed by atoms with Crippen LogP contribution in [-0.4, -0.2) is 18.1 Å². The Hall–Kier alpha value is -2.31. The zero-order valence-corrected chi connectivity index (χ0v) is 18.8. The van der Waals surface area contributed by atoms with Crippen molar-refractivity contribution in [3.8, 4) is 10.4 Å². The standard InChI is InChI=1S/C23H23ClN4S.ClH/c24-17-4-8-20-21(10-13-28-22(20)14-17)27-12-1-11-26-15-19-7-9-23(29-19)16-2-5-18(25)6-3-16;/h2-10,13-14,26H,1,11-12,15,25H2,(H,27,28);1H. The molecule has 4 N–H and O–H groups in total. The zero-order valence-electron chi connectivity index (χ0n) is 16.4. The van der Waals surface area contributed by atoms with Crippen molar-refractivity contribution in [1.29, 1.82) is 0 Å². The third kappa shape index (κ3) is 5.64. The molecule has 0 bridgehead atoms. The summed E-state index contributed by atoms with van der Waals surface area (Å²) in [5.74, 6) is 0. The van der Waals surface area contributed by atoms with E-state index < -0.39 is 0 Å². The first-order valence-electron chi connectivity index (χ1n) is 9.62. The van der Waals surface area contributed by atoms with Gasteiger partial charge in [-0.1, -0.05) is 23.7 Å². The lowest BCUT2D eigenvalue weighted by Gasteiger charge is -2.10. The van der Waals surface area contributed by atoms with Gasteiger partial charge in [0.25, 0.3) is 0 Å². The van der Waals surface area contributed by atoms with Crippen LogP contribution in [0.5, 0.6) is 0 Å². The minimum absolute atomic E-state index is 0. The van der Waals surface area contributed by atoms with Gasteiger partial charge in [0.1, 0.15) is 0 Å². The molecular weight excluding hydrogens is 435 g/mol.